The summed E-state index contributed by atoms with van der Waals surface area (Å²) in [6.07, 6.45) is 3.60. The number of aromatic amines is 1. The van der Waals surface area contributed by atoms with Crippen LogP contribution in [0.15, 0.2) is 42.7 Å². The van der Waals surface area contributed by atoms with Crippen LogP contribution in [-0.2, 0) is 13.1 Å². The summed E-state index contributed by atoms with van der Waals surface area (Å²) in [5, 5.41) is 11.4. The lowest BCUT2D eigenvalue weighted by Gasteiger charge is -2.17. The van der Waals surface area contributed by atoms with Crippen molar-refractivity contribution >= 4 is 11.5 Å². The summed E-state index contributed by atoms with van der Waals surface area (Å²) >= 11 is 0. The first-order valence-corrected chi connectivity index (χ1v) is 8.06. The lowest BCUT2D eigenvalue weighted by atomic mass is 10.1. The van der Waals surface area contributed by atoms with Gasteiger partial charge in [-0.25, -0.2) is 13.9 Å². The van der Waals surface area contributed by atoms with E-state index in [2.05, 4.69) is 20.2 Å². The largest absolute Gasteiger partial charge is 0.348 e. The molecule has 0 aliphatic carbocycles. The molecule has 0 bridgehead atoms. The average molecular weight is 334 g/mol. The molecule has 4 aromatic rings. The number of nitrogens with zero attached hydrogens (tertiary/aromatic N) is 5. The highest BCUT2D eigenvalue weighted by Crippen LogP contribution is 2.31. The molecule has 7 heteroatoms. The molecule has 1 N–H and O–H groups in total. The number of aromatic nitrogens is 5. The van der Waals surface area contributed by atoms with Crippen LogP contribution in [0.2, 0.25) is 0 Å². The van der Waals surface area contributed by atoms with Crippen molar-refractivity contribution in [2.45, 2.75) is 20.0 Å². The number of rotatable bonds is 2. The molecule has 0 spiro atoms. The zero-order valence-corrected chi connectivity index (χ0v) is 13.6. The van der Waals surface area contributed by atoms with Crippen LogP contribution in [-0.4, -0.2) is 24.8 Å². The van der Waals surface area contributed by atoms with E-state index in [1.54, 1.807) is 12.3 Å². The standard InChI is InChI=1S/C18H15FN6/c1-11-4-18-22-17(6-16(25(18)23-11)14-7-20-21-8-14)24-9-12-2-3-15(19)5-13(12)10-24/h2-8H,9-10H2,1H3,(H,20,21). The van der Waals surface area contributed by atoms with Gasteiger partial charge in [0.25, 0.3) is 0 Å². The van der Waals surface area contributed by atoms with Gasteiger partial charge in [0.15, 0.2) is 5.65 Å². The van der Waals surface area contributed by atoms with E-state index in [0.29, 0.717) is 6.54 Å². The minimum Gasteiger partial charge on any atom is -0.348 e. The van der Waals surface area contributed by atoms with Gasteiger partial charge in [-0.15, -0.1) is 0 Å². The highest BCUT2D eigenvalue weighted by Gasteiger charge is 2.22. The molecule has 0 saturated heterocycles. The van der Waals surface area contributed by atoms with Crippen molar-refractivity contribution in [1.29, 1.82) is 0 Å². The first-order valence-electron chi connectivity index (χ1n) is 8.06. The van der Waals surface area contributed by atoms with E-state index in [4.69, 9.17) is 4.98 Å². The van der Waals surface area contributed by atoms with E-state index >= 15 is 0 Å². The molecular formula is C18H15FN6. The Balaban J connectivity index is 1.63. The van der Waals surface area contributed by atoms with E-state index in [9.17, 15) is 4.39 Å². The molecule has 25 heavy (non-hydrogen) atoms. The number of fused-ring (bicyclic) bond motifs is 2. The van der Waals surface area contributed by atoms with Crippen LogP contribution in [0, 0.1) is 12.7 Å². The topological polar surface area (TPSA) is 62.1 Å². The Morgan fingerprint density at radius 1 is 1.12 bits per heavy atom. The molecule has 1 aliphatic rings. The van der Waals surface area contributed by atoms with E-state index < -0.39 is 0 Å². The Bertz CT molecular complexity index is 1080. The second-order valence-corrected chi connectivity index (χ2v) is 6.31. The summed E-state index contributed by atoms with van der Waals surface area (Å²) in [5.41, 5.74) is 5.70. The number of aryl methyl sites for hydroxylation is 1. The highest BCUT2D eigenvalue weighted by molar-refractivity contribution is 5.67. The third kappa shape index (κ3) is 2.27. The minimum atomic E-state index is -0.200. The van der Waals surface area contributed by atoms with Crippen LogP contribution in [0.5, 0.6) is 0 Å². The lowest BCUT2D eigenvalue weighted by molar-refractivity contribution is 0.626. The normalized spacial score (nSPS) is 13.6. The van der Waals surface area contributed by atoms with Crippen molar-refractivity contribution in [2.75, 3.05) is 4.90 Å². The molecule has 124 valence electrons. The number of anilines is 1. The monoisotopic (exact) mass is 334 g/mol. The third-order valence-electron chi connectivity index (χ3n) is 4.54. The fourth-order valence-corrected chi connectivity index (χ4v) is 3.36. The fraction of sp³-hybridized carbons (Fsp3) is 0.167. The number of benzene rings is 1. The van der Waals surface area contributed by atoms with Gasteiger partial charge in [-0.05, 0) is 30.2 Å². The van der Waals surface area contributed by atoms with Crippen LogP contribution in [0.1, 0.15) is 16.8 Å². The van der Waals surface area contributed by atoms with Crippen molar-refractivity contribution in [1.82, 2.24) is 24.8 Å². The second kappa shape index (κ2) is 5.14. The van der Waals surface area contributed by atoms with Gasteiger partial charge < -0.3 is 4.90 Å². The first-order chi connectivity index (χ1) is 12.2. The zero-order valence-electron chi connectivity index (χ0n) is 13.6. The van der Waals surface area contributed by atoms with Crippen LogP contribution in [0.25, 0.3) is 16.9 Å². The van der Waals surface area contributed by atoms with Crippen molar-refractivity contribution in [3.8, 4) is 11.3 Å². The maximum absolute atomic E-state index is 13.5. The van der Waals surface area contributed by atoms with Gasteiger partial charge in [0.2, 0.25) is 0 Å². The molecule has 1 aliphatic heterocycles. The Morgan fingerprint density at radius 3 is 2.84 bits per heavy atom. The summed E-state index contributed by atoms with van der Waals surface area (Å²) in [7, 11) is 0. The van der Waals surface area contributed by atoms with Gasteiger partial charge in [0.05, 0.1) is 17.6 Å². The smallest absolute Gasteiger partial charge is 0.158 e. The number of hydrogen-bond donors (Lipinski definition) is 1. The highest BCUT2D eigenvalue weighted by atomic mass is 19.1. The number of nitrogens with one attached hydrogen (secondary N) is 1. The minimum absolute atomic E-state index is 0.200. The third-order valence-corrected chi connectivity index (χ3v) is 4.54. The molecule has 0 amide bonds. The maximum atomic E-state index is 13.5. The van der Waals surface area contributed by atoms with Crippen LogP contribution >= 0.6 is 0 Å². The Hall–Kier alpha value is -3.22. The van der Waals surface area contributed by atoms with Crippen molar-refractivity contribution in [3.05, 3.63) is 65.4 Å². The van der Waals surface area contributed by atoms with Crippen LogP contribution in [0.3, 0.4) is 0 Å². The molecule has 0 saturated carbocycles. The fourth-order valence-electron chi connectivity index (χ4n) is 3.36. The summed E-state index contributed by atoms with van der Waals surface area (Å²) in [5.74, 6) is 0.648. The quantitative estimate of drug-likeness (QED) is 0.612. The number of halogens is 1. The molecule has 6 nitrogen and oxygen atoms in total. The van der Waals surface area contributed by atoms with E-state index in [1.165, 1.54) is 6.07 Å². The Labute approximate surface area is 142 Å². The first kappa shape index (κ1) is 14.2. The summed E-state index contributed by atoms with van der Waals surface area (Å²) < 4.78 is 15.3. The lowest BCUT2D eigenvalue weighted by Crippen LogP contribution is -2.17. The Kier molecular flexibility index (Phi) is 2.91. The summed E-state index contributed by atoms with van der Waals surface area (Å²) in [6, 6.07) is 8.93. The summed E-state index contributed by atoms with van der Waals surface area (Å²) in [4.78, 5) is 6.90. The SMILES string of the molecule is Cc1cc2nc(N3Cc4ccc(F)cc4C3)cc(-c3cn[nH]c3)n2n1. The second-order valence-electron chi connectivity index (χ2n) is 6.31. The van der Waals surface area contributed by atoms with Crippen molar-refractivity contribution in [2.24, 2.45) is 0 Å². The molecule has 5 rings (SSSR count). The van der Waals surface area contributed by atoms with Crippen molar-refractivity contribution in [3.63, 3.8) is 0 Å². The molecule has 0 atom stereocenters. The van der Waals surface area contributed by atoms with Gasteiger partial charge in [-0.3, -0.25) is 5.10 Å². The maximum Gasteiger partial charge on any atom is 0.158 e. The predicted molar refractivity (Wildman–Crippen MR) is 91.6 cm³/mol. The molecule has 3 aromatic heterocycles. The van der Waals surface area contributed by atoms with E-state index in [1.807, 2.05) is 35.8 Å². The molecule has 0 radical (unpaired) electrons. The zero-order chi connectivity index (χ0) is 17.0. The predicted octanol–water partition coefficient (Wildman–Crippen LogP) is 3.09. The Morgan fingerprint density at radius 2 is 2.00 bits per heavy atom. The molecule has 4 heterocycles. The van der Waals surface area contributed by atoms with Crippen LogP contribution < -0.4 is 4.90 Å². The van der Waals surface area contributed by atoms with Crippen LogP contribution in [0.4, 0.5) is 10.2 Å². The van der Waals surface area contributed by atoms with Crippen molar-refractivity contribution < 1.29 is 4.39 Å². The van der Waals surface area contributed by atoms with Gasteiger partial charge in [-0.1, -0.05) is 6.07 Å². The summed E-state index contributed by atoms with van der Waals surface area (Å²) in [6.45, 7) is 3.31. The van der Waals surface area contributed by atoms with Gasteiger partial charge in [-0.2, -0.15) is 10.2 Å². The van der Waals surface area contributed by atoms with Gasteiger partial charge in [0, 0.05) is 37.0 Å². The molecular weight excluding hydrogens is 319 g/mol. The molecule has 0 fully saturated rings. The number of H-pyrrole nitrogens is 1. The van der Waals surface area contributed by atoms with Gasteiger partial charge in [0.1, 0.15) is 11.6 Å². The number of hydrogen-bond acceptors (Lipinski definition) is 4. The van der Waals surface area contributed by atoms with E-state index in [0.717, 1.165) is 46.1 Å². The molecule has 1 aromatic carbocycles. The van der Waals surface area contributed by atoms with Gasteiger partial charge >= 0.3 is 0 Å². The van der Waals surface area contributed by atoms with E-state index in [-0.39, 0.29) is 5.82 Å². The average Bonchev–Trinajstić information content (AvgIpc) is 3.31. The molecule has 0 unspecified atom stereocenters.